The fourth-order valence-electron chi connectivity index (χ4n) is 4.34. The SMILES string of the molecule is CCCCC(CC)C(=O)NCC1CCN1C(=O)CN1C(=O)NC(C)(C2CC2)C1=O. The summed E-state index contributed by atoms with van der Waals surface area (Å²) in [5, 5.41) is 5.75. The lowest BCUT2D eigenvalue weighted by Crippen LogP contribution is -2.58. The largest absolute Gasteiger partial charge is 0.354 e. The predicted molar refractivity (Wildman–Crippen MR) is 108 cm³/mol. The molecular weight excluding hydrogens is 372 g/mol. The molecule has 1 saturated carbocycles. The van der Waals surface area contributed by atoms with Crippen LogP contribution in [0.15, 0.2) is 0 Å². The van der Waals surface area contributed by atoms with E-state index >= 15 is 0 Å². The van der Waals surface area contributed by atoms with E-state index in [9.17, 15) is 19.2 Å². The van der Waals surface area contributed by atoms with Gasteiger partial charge in [0, 0.05) is 19.0 Å². The zero-order valence-corrected chi connectivity index (χ0v) is 17.8. The van der Waals surface area contributed by atoms with E-state index in [0.29, 0.717) is 13.1 Å². The van der Waals surface area contributed by atoms with Crippen molar-refractivity contribution in [3.05, 3.63) is 0 Å². The van der Waals surface area contributed by atoms with Gasteiger partial charge in [-0.25, -0.2) is 4.79 Å². The number of urea groups is 1. The Hall–Kier alpha value is -2.12. The Morgan fingerprint density at radius 3 is 2.52 bits per heavy atom. The molecule has 0 aromatic carbocycles. The highest BCUT2D eigenvalue weighted by molar-refractivity contribution is 6.09. The van der Waals surface area contributed by atoms with Gasteiger partial charge in [0.15, 0.2) is 0 Å². The lowest BCUT2D eigenvalue weighted by atomic mass is 9.96. The van der Waals surface area contributed by atoms with Crippen LogP contribution in [0.25, 0.3) is 0 Å². The van der Waals surface area contributed by atoms with Crippen molar-refractivity contribution in [2.24, 2.45) is 11.8 Å². The van der Waals surface area contributed by atoms with Gasteiger partial charge < -0.3 is 15.5 Å². The first-order valence-corrected chi connectivity index (χ1v) is 11.0. The third kappa shape index (κ3) is 4.41. The zero-order valence-electron chi connectivity index (χ0n) is 17.8. The molecule has 162 valence electrons. The van der Waals surface area contributed by atoms with Crippen molar-refractivity contribution in [3.8, 4) is 0 Å². The van der Waals surface area contributed by atoms with Crippen LogP contribution in [0.5, 0.6) is 0 Å². The van der Waals surface area contributed by atoms with Crippen molar-refractivity contribution in [1.29, 1.82) is 0 Å². The Morgan fingerprint density at radius 2 is 1.97 bits per heavy atom. The van der Waals surface area contributed by atoms with Gasteiger partial charge in [0.1, 0.15) is 12.1 Å². The fraction of sp³-hybridized carbons (Fsp3) is 0.810. The minimum atomic E-state index is -0.868. The van der Waals surface area contributed by atoms with Gasteiger partial charge in [0.25, 0.3) is 5.91 Å². The van der Waals surface area contributed by atoms with Gasteiger partial charge >= 0.3 is 6.03 Å². The third-order valence-electron chi connectivity index (χ3n) is 6.73. The van der Waals surface area contributed by atoms with E-state index in [1.165, 1.54) is 0 Å². The molecule has 8 nitrogen and oxygen atoms in total. The van der Waals surface area contributed by atoms with Crippen LogP contribution < -0.4 is 10.6 Å². The van der Waals surface area contributed by atoms with Gasteiger partial charge in [0.2, 0.25) is 11.8 Å². The second kappa shape index (κ2) is 8.71. The average molecular weight is 407 g/mol. The molecule has 2 heterocycles. The van der Waals surface area contributed by atoms with E-state index in [4.69, 9.17) is 0 Å². The maximum atomic E-state index is 12.7. The van der Waals surface area contributed by atoms with Gasteiger partial charge in [-0.05, 0) is 44.9 Å². The van der Waals surface area contributed by atoms with Gasteiger partial charge in [-0.2, -0.15) is 0 Å². The van der Waals surface area contributed by atoms with E-state index in [2.05, 4.69) is 17.6 Å². The van der Waals surface area contributed by atoms with Crippen LogP contribution in [-0.2, 0) is 14.4 Å². The molecule has 2 N–H and O–H groups in total. The molecule has 3 aliphatic rings. The van der Waals surface area contributed by atoms with Crippen LogP contribution in [0.4, 0.5) is 4.79 Å². The molecule has 2 saturated heterocycles. The van der Waals surface area contributed by atoms with Gasteiger partial charge in [-0.1, -0.05) is 26.7 Å². The van der Waals surface area contributed by atoms with E-state index in [-0.39, 0.29) is 42.1 Å². The van der Waals surface area contributed by atoms with Crippen LogP contribution in [-0.4, -0.2) is 64.8 Å². The molecule has 3 unspecified atom stereocenters. The highest BCUT2D eigenvalue weighted by Crippen LogP contribution is 2.42. The van der Waals surface area contributed by atoms with Crippen LogP contribution in [0.2, 0.25) is 0 Å². The number of hydrogen-bond acceptors (Lipinski definition) is 4. The summed E-state index contributed by atoms with van der Waals surface area (Å²) in [5.41, 5.74) is -0.868. The van der Waals surface area contributed by atoms with Gasteiger partial charge in [-0.3, -0.25) is 19.3 Å². The van der Waals surface area contributed by atoms with Crippen LogP contribution in [0, 0.1) is 11.8 Å². The maximum absolute atomic E-state index is 12.7. The third-order valence-corrected chi connectivity index (χ3v) is 6.73. The highest BCUT2D eigenvalue weighted by atomic mass is 16.2. The maximum Gasteiger partial charge on any atom is 0.325 e. The molecular formula is C21H34N4O4. The Labute approximate surface area is 172 Å². The molecule has 3 fully saturated rings. The monoisotopic (exact) mass is 406 g/mol. The zero-order chi connectivity index (χ0) is 21.2. The van der Waals surface area contributed by atoms with Crippen LogP contribution in [0.3, 0.4) is 0 Å². The minimum absolute atomic E-state index is 0.0187. The number of imide groups is 1. The molecule has 29 heavy (non-hydrogen) atoms. The van der Waals surface area contributed by atoms with Crippen molar-refractivity contribution in [3.63, 3.8) is 0 Å². The summed E-state index contributed by atoms with van der Waals surface area (Å²) in [6.45, 7) is 6.67. The second-order valence-electron chi connectivity index (χ2n) is 8.82. The van der Waals surface area contributed by atoms with E-state index in [1.54, 1.807) is 11.8 Å². The van der Waals surface area contributed by atoms with Crippen molar-refractivity contribution >= 4 is 23.8 Å². The molecule has 5 amide bonds. The molecule has 0 aromatic rings. The number of nitrogens with one attached hydrogen (secondary N) is 2. The molecule has 0 aromatic heterocycles. The highest BCUT2D eigenvalue weighted by Gasteiger charge is 2.56. The number of likely N-dealkylation sites (tertiary alicyclic amines) is 1. The van der Waals surface area contributed by atoms with Crippen LogP contribution >= 0.6 is 0 Å². The Bertz CT molecular complexity index is 678. The van der Waals surface area contributed by atoms with Crippen LogP contribution in [0.1, 0.15) is 65.7 Å². The average Bonchev–Trinajstić information content (AvgIpc) is 3.48. The number of carbonyl (C=O) groups excluding carboxylic acids is 4. The van der Waals surface area contributed by atoms with Crippen molar-refractivity contribution in [2.75, 3.05) is 19.6 Å². The summed E-state index contributed by atoms with van der Waals surface area (Å²) in [5.74, 6) is -0.299. The molecule has 8 heteroatoms. The summed E-state index contributed by atoms with van der Waals surface area (Å²) in [6.07, 6.45) is 6.47. The van der Waals surface area contributed by atoms with E-state index < -0.39 is 11.6 Å². The normalized spacial score (nSPS) is 27.5. The summed E-state index contributed by atoms with van der Waals surface area (Å²) < 4.78 is 0. The number of amides is 5. The summed E-state index contributed by atoms with van der Waals surface area (Å²) >= 11 is 0. The second-order valence-corrected chi connectivity index (χ2v) is 8.82. The predicted octanol–water partition coefficient (Wildman–Crippen LogP) is 1.64. The van der Waals surface area contributed by atoms with E-state index in [1.807, 2.05) is 6.92 Å². The molecule has 1 aliphatic carbocycles. The molecule has 0 spiro atoms. The number of carbonyl (C=O) groups is 4. The summed E-state index contributed by atoms with van der Waals surface area (Å²) in [4.78, 5) is 52.7. The molecule has 0 radical (unpaired) electrons. The van der Waals surface area contributed by atoms with Crippen molar-refractivity contribution in [1.82, 2.24) is 20.4 Å². The molecule has 3 atom stereocenters. The first kappa shape index (κ1) is 21.6. The first-order valence-electron chi connectivity index (χ1n) is 11.0. The molecule has 0 bridgehead atoms. The Morgan fingerprint density at radius 1 is 1.24 bits per heavy atom. The van der Waals surface area contributed by atoms with Crippen molar-refractivity contribution < 1.29 is 19.2 Å². The smallest absolute Gasteiger partial charge is 0.325 e. The molecule has 2 aliphatic heterocycles. The molecule has 3 rings (SSSR count). The lowest BCUT2D eigenvalue weighted by molar-refractivity contribution is -0.144. The topological polar surface area (TPSA) is 98.8 Å². The number of hydrogen-bond donors (Lipinski definition) is 2. The minimum Gasteiger partial charge on any atom is -0.354 e. The van der Waals surface area contributed by atoms with E-state index in [0.717, 1.165) is 49.8 Å². The Kier molecular flexibility index (Phi) is 6.49. The number of nitrogens with zero attached hydrogens (tertiary/aromatic N) is 2. The fourth-order valence-corrected chi connectivity index (χ4v) is 4.34. The number of rotatable bonds is 10. The standard InChI is InChI=1S/C21H34N4O4/c1-4-6-7-14(5-2)18(27)22-12-16-10-11-24(16)17(26)13-25-19(28)21(3,15-8-9-15)23-20(25)29/h14-16H,4-13H2,1-3H3,(H,22,27)(H,23,29). The van der Waals surface area contributed by atoms with Gasteiger partial charge in [0.05, 0.1) is 6.04 Å². The summed E-state index contributed by atoms with van der Waals surface area (Å²) in [7, 11) is 0. The lowest BCUT2D eigenvalue weighted by Gasteiger charge is -2.41. The van der Waals surface area contributed by atoms with Gasteiger partial charge in [-0.15, -0.1) is 0 Å². The summed E-state index contributed by atoms with van der Waals surface area (Å²) in [6, 6.07) is -0.546. The Balaban J connectivity index is 1.49. The first-order chi connectivity index (χ1) is 13.8. The quantitative estimate of drug-likeness (QED) is 0.539. The van der Waals surface area contributed by atoms with Crippen molar-refractivity contribution in [2.45, 2.75) is 77.3 Å². The number of unbranched alkanes of at least 4 members (excludes halogenated alkanes) is 1.